The fourth-order valence-electron chi connectivity index (χ4n) is 2.44. The number of amides is 1. The van der Waals surface area contributed by atoms with Gasteiger partial charge in [-0.2, -0.15) is 0 Å². The van der Waals surface area contributed by atoms with Gasteiger partial charge < -0.3 is 19.9 Å². The van der Waals surface area contributed by atoms with Crippen molar-refractivity contribution in [3.63, 3.8) is 0 Å². The molecule has 1 aliphatic rings. The number of rotatable bonds is 4. The van der Waals surface area contributed by atoms with Gasteiger partial charge in [-0.05, 0) is 32.8 Å². The lowest BCUT2D eigenvalue weighted by Crippen LogP contribution is -2.46. The normalized spacial score (nSPS) is 22.3. The number of benzene rings is 1. The van der Waals surface area contributed by atoms with E-state index in [1.165, 1.54) is 0 Å². The van der Waals surface area contributed by atoms with Gasteiger partial charge >= 0.3 is 12.1 Å². The van der Waals surface area contributed by atoms with Crippen LogP contribution in [-0.2, 0) is 20.7 Å². The van der Waals surface area contributed by atoms with Crippen LogP contribution >= 0.6 is 0 Å². The summed E-state index contributed by atoms with van der Waals surface area (Å²) in [5, 5.41) is 12.3. The number of hydrogen-bond acceptors (Lipinski definition) is 5. The molecule has 0 bridgehead atoms. The second kappa shape index (κ2) is 7.00. The summed E-state index contributed by atoms with van der Waals surface area (Å²) < 4.78 is 10.4. The Morgan fingerprint density at radius 2 is 2.04 bits per heavy atom. The molecule has 1 heterocycles. The molecule has 6 heteroatoms. The van der Waals surface area contributed by atoms with E-state index >= 15 is 0 Å². The first-order valence-electron chi connectivity index (χ1n) is 7.66. The predicted octanol–water partition coefficient (Wildman–Crippen LogP) is 1.80. The van der Waals surface area contributed by atoms with Gasteiger partial charge in [0.25, 0.3) is 0 Å². The van der Waals surface area contributed by atoms with Crippen molar-refractivity contribution in [1.82, 2.24) is 5.32 Å². The predicted molar refractivity (Wildman–Crippen MR) is 83.8 cm³/mol. The maximum Gasteiger partial charge on any atom is 0.408 e. The number of alkyl carbamates (subject to hydrolysis) is 1. The molecule has 1 amide bonds. The van der Waals surface area contributed by atoms with Crippen LogP contribution in [0.3, 0.4) is 0 Å². The van der Waals surface area contributed by atoms with Crippen LogP contribution in [0.2, 0.25) is 0 Å². The van der Waals surface area contributed by atoms with E-state index in [9.17, 15) is 14.7 Å². The molecule has 0 radical (unpaired) electrons. The molecule has 1 fully saturated rings. The average Bonchev–Trinajstić information content (AvgIpc) is 2.77. The van der Waals surface area contributed by atoms with Crippen molar-refractivity contribution in [3.05, 3.63) is 35.9 Å². The molecule has 1 aliphatic heterocycles. The summed E-state index contributed by atoms with van der Waals surface area (Å²) >= 11 is 0. The monoisotopic (exact) mass is 321 g/mol. The van der Waals surface area contributed by atoms with E-state index < -0.39 is 35.9 Å². The summed E-state index contributed by atoms with van der Waals surface area (Å²) in [4.78, 5) is 23.5. The first-order valence-corrected chi connectivity index (χ1v) is 7.66. The Morgan fingerprint density at radius 1 is 1.39 bits per heavy atom. The van der Waals surface area contributed by atoms with E-state index in [1.807, 2.05) is 30.3 Å². The standard InChI is InChI=1S/C17H23NO5/c1-17(2,3)23-16(21)18-12(9-11-7-5-4-6-8-11)14-10-13(19)15(20)22-14/h4-8,12-14,19H,9-10H2,1-3H3,(H,18,21)/t12?,13?,14-/m1/s1. The zero-order chi connectivity index (χ0) is 17.0. The van der Waals surface area contributed by atoms with Gasteiger partial charge in [-0.15, -0.1) is 0 Å². The van der Waals surface area contributed by atoms with Crippen LogP contribution in [0.1, 0.15) is 32.8 Å². The first-order chi connectivity index (χ1) is 10.7. The van der Waals surface area contributed by atoms with Gasteiger partial charge in [0.15, 0.2) is 6.10 Å². The third-order valence-corrected chi connectivity index (χ3v) is 3.44. The van der Waals surface area contributed by atoms with Crippen molar-refractivity contribution in [1.29, 1.82) is 0 Å². The molecular weight excluding hydrogens is 298 g/mol. The summed E-state index contributed by atoms with van der Waals surface area (Å²) in [6, 6.07) is 9.09. The Kier molecular flexibility index (Phi) is 5.26. The zero-order valence-electron chi connectivity index (χ0n) is 13.6. The summed E-state index contributed by atoms with van der Waals surface area (Å²) in [7, 11) is 0. The molecule has 23 heavy (non-hydrogen) atoms. The number of hydrogen-bond donors (Lipinski definition) is 2. The molecule has 0 aromatic heterocycles. The minimum Gasteiger partial charge on any atom is -0.458 e. The number of aliphatic hydroxyl groups is 1. The highest BCUT2D eigenvalue weighted by Gasteiger charge is 2.39. The summed E-state index contributed by atoms with van der Waals surface area (Å²) in [5.41, 5.74) is 0.374. The number of ether oxygens (including phenoxy) is 2. The number of carbonyl (C=O) groups is 2. The SMILES string of the molecule is CC(C)(C)OC(=O)NC(Cc1ccccc1)[C@H]1CC(O)C(=O)O1. The second-order valence-electron chi connectivity index (χ2n) is 6.67. The lowest BCUT2D eigenvalue weighted by molar-refractivity contribution is -0.148. The molecule has 1 saturated heterocycles. The van der Waals surface area contributed by atoms with Crippen LogP contribution in [-0.4, -0.2) is 41.0 Å². The molecule has 1 aromatic rings. The topological polar surface area (TPSA) is 84.9 Å². The molecule has 2 N–H and O–H groups in total. The molecule has 3 atom stereocenters. The molecule has 126 valence electrons. The second-order valence-corrected chi connectivity index (χ2v) is 6.67. The summed E-state index contributed by atoms with van der Waals surface area (Å²) in [6.07, 6.45) is -1.66. The lowest BCUT2D eigenvalue weighted by atomic mass is 9.99. The number of carbonyl (C=O) groups excluding carboxylic acids is 2. The van der Waals surface area contributed by atoms with Gasteiger partial charge in [0, 0.05) is 6.42 Å². The number of nitrogens with one attached hydrogen (secondary N) is 1. The third kappa shape index (κ3) is 5.25. The van der Waals surface area contributed by atoms with Gasteiger partial charge in [0.05, 0.1) is 6.04 Å². The largest absolute Gasteiger partial charge is 0.458 e. The lowest BCUT2D eigenvalue weighted by Gasteiger charge is -2.26. The van der Waals surface area contributed by atoms with Crippen LogP contribution in [0.4, 0.5) is 4.79 Å². The molecule has 0 aliphatic carbocycles. The highest BCUT2D eigenvalue weighted by molar-refractivity contribution is 5.77. The summed E-state index contributed by atoms with van der Waals surface area (Å²) in [6.45, 7) is 5.33. The van der Waals surface area contributed by atoms with E-state index in [2.05, 4.69) is 5.32 Å². The smallest absolute Gasteiger partial charge is 0.408 e. The Morgan fingerprint density at radius 3 is 2.57 bits per heavy atom. The van der Waals surface area contributed by atoms with Gasteiger partial charge in [-0.3, -0.25) is 0 Å². The number of esters is 1. The minimum atomic E-state index is -1.14. The fraction of sp³-hybridized carbons (Fsp3) is 0.529. The highest BCUT2D eigenvalue weighted by atomic mass is 16.6. The third-order valence-electron chi connectivity index (χ3n) is 3.44. The quantitative estimate of drug-likeness (QED) is 0.826. The van der Waals surface area contributed by atoms with Crippen LogP contribution in [0, 0.1) is 0 Å². The molecule has 0 saturated carbocycles. The first kappa shape index (κ1) is 17.3. The Bertz CT molecular complexity index is 552. The van der Waals surface area contributed by atoms with Gasteiger partial charge in [-0.1, -0.05) is 30.3 Å². The van der Waals surface area contributed by atoms with Crippen molar-refractivity contribution in [2.24, 2.45) is 0 Å². The molecular formula is C17H23NO5. The fourth-order valence-corrected chi connectivity index (χ4v) is 2.44. The average molecular weight is 321 g/mol. The molecule has 6 nitrogen and oxygen atoms in total. The van der Waals surface area contributed by atoms with Crippen LogP contribution < -0.4 is 5.32 Å². The molecule has 2 rings (SSSR count). The van der Waals surface area contributed by atoms with Crippen molar-refractivity contribution in [2.75, 3.05) is 0 Å². The Balaban J connectivity index is 2.08. The van der Waals surface area contributed by atoms with Gasteiger partial charge in [-0.25, -0.2) is 9.59 Å². The van der Waals surface area contributed by atoms with Crippen LogP contribution in [0.25, 0.3) is 0 Å². The van der Waals surface area contributed by atoms with Crippen molar-refractivity contribution >= 4 is 12.1 Å². The van der Waals surface area contributed by atoms with E-state index in [-0.39, 0.29) is 6.42 Å². The zero-order valence-corrected chi connectivity index (χ0v) is 13.6. The maximum atomic E-state index is 12.0. The summed E-state index contributed by atoms with van der Waals surface area (Å²) in [5.74, 6) is -0.654. The maximum absolute atomic E-state index is 12.0. The Labute approximate surface area is 135 Å². The molecule has 1 aromatic carbocycles. The van der Waals surface area contributed by atoms with Gasteiger partial charge in [0.2, 0.25) is 0 Å². The minimum absolute atomic E-state index is 0.159. The highest BCUT2D eigenvalue weighted by Crippen LogP contribution is 2.21. The van der Waals surface area contributed by atoms with Crippen molar-refractivity contribution in [2.45, 2.75) is 57.5 Å². The van der Waals surface area contributed by atoms with E-state index in [0.717, 1.165) is 5.56 Å². The number of cyclic esters (lactones) is 1. The van der Waals surface area contributed by atoms with Crippen molar-refractivity contribution < 1.29 is 24.2 Å². The van der Waals surface area contributed by atoms with E-state index in [4.69, 9.17) is 9.47 Å². The molecule has 2 unspecified atom stereocenters. The van der Waals surface area contributed by atoms with Gasteiger partial charge in [0.1, 0.15) is 11.7 Å². The van der Waals surface area contributed by atoms with Crippen LogP contribution in [0.5, 0.6) is 0 Å². The van der Waals surface area contributed by atoms with Crippen LogP contribution in [0.15, 0.2) is 30.3 Å². The van der Waals surface area contributed by atoms with E-state index in [0.29, 0.717) is 6.42 Å². The van der Waals surface area contributed by atoms with E-state index in [1.54, 1.807) is 20.8 Å². The molecule has 0 spiro atoms. The Hall–Kier alpha value is -2.08. The van der Waals surface area contributed by atoms with Crippen molar-refractivity contribution in [3.8, 4) is 0 Å². The number of aliphatic hydroxyl groups excluding tert-OH is 1.